The highest BCUT2D eigenvalue weighted by atomic mass is 32.1. The Labute approximate surface area is 127 Å². The molecule has 6 nitrogen and oxygen atoms in total. The Kier molecular flexibility index (Phi) is 3.95. The lowest BCUT2D eigenvalue weighted by molar-refractivity contribution is 0.386. The first-order valence-electron chi connectivity index (χ1n) is 7.44. The Balaban J connectivity index is 1.93. The van der Waals surface area contributed by atoms with E-state index in [1.54, 1.807) is 4.57 Å². The highest BCUT2D eigenvalue weighted by Crippen LogP contribution is 2.37. The third kappa shape index (κ3) is 2.94. The zero-order chi connectivity index (χ0) is 15.0. The van der Waals surface area contributed by atoms with Crippen LogP contribution < -0.4 is 11.3 Å². The van der Waals surface area contributed by atoms with E-state index < -0.39 is 5.56 Å². The van der Waals surface area contributed by atoms with E-state index in [9.17, 15) is 9.90 Å². The van der Waals surface area contributed by atoms with Gasteiger partial charge < -0.3 is 10.8 Å². The fourth-order valence-electron chi connectivity index (χ4n) is 2.84. The zero-order valence-corrected chi connectivity index (χ0v) is 12.6. The van der Waals surface area contributed by atoms with E-state index in [1.165, 1.54) is 6.21 Å². The average molecular weight is 308 g/mol. The summed E-state index contributed by atoms with van der Waals surface area (Å²) in [5, 5.41) is 10.3. The van der Waals surface area contributed by atoms with Crippen LogP contribution in [-0.4, -0.2) is 33.0 Å². The SMILES string of the molecule is NC1CCCCC1N=Cc1c(O)n(C2CC2)c(=S)[nH]c1=O. The van der Waals surface area contributed by atoms with Gasteiger partial charge in [-0.1, -0.05) is 12.8 Å². The minimum atomic E-state index is -0.400. The molecule has 1 heterocycles. The van der Waals surface area contributed by atoms with E-state index in [2.05, 4.69) is 9.98 Å². The number of nitrogens with one attached hydrogen (secondary N) is 1. The van der Waals surface area contributed by atoms with Crippen LogP contribution in [0.15, 0.2) is 9.79 Å². The molecule has 0 amide bonds. The van der Waals surface area contributed by atoms with Gasteiger partial charge in [-0.2, -0.15) is 0 Å². The van der Waals surface area contributed by atoms with Gasteiger partial charge >= 0.3 is 0 Å². The molecule has 3 rings (SSSR count). The Morgan fingerprint density at radius 1 is 1.33 bits per heavy atom. The summed E-state index contributed by atoms with van der Waals surface area (Å²) in [6.45, 7) is 0. The van der Waals surface area contributed by atoms with E-state index in [1.807, 2.05) is 0 Å². The minimum absolute atomic E-state index is 0.0232. The molecule has 0 saturated heterocycles. The molecular formula is C14H20N4O2S. The number of aliphatic imine (C=N–C) groups is 1. The molecular weight excluding hydrogens is 288 g/mol. The van der Waals surface area contributed by atoms with Gasteiger partial charge in [0.25, 0.3) is 5.56 Å². The maximum Gasteiger partial charge on any atom is 0.264 e. The molecule has 0 radical (unpaired) electrons. The number of nitrogens with zero attached hydrogens (tertiary/aromatic N) is 2. The van der Waals surface area contributed by atoms with E-state index in [-0.39, 0.29) is 34.3 Å². The monoisotopic (exact) mass is 308 g/mol. The largest absolute Gasteiger partial charge is 0.494 e. The van der Waals surface area contributed by atoms with Crippen molar-refractivity contribution in [1.82, 2.24) is 9.55 Å². The number of nitrogens with two attached hydrogens (primary N) is 1. The van der Waals surface area contributed by atoms with Gasteiger partial charge in [0.05, 0.1) is 6.04 Å². The lowest BCUT2D eigenvalue weighted by atomic mass is 9.91. The van der Waals surface area contributed by atoms with E-state index in [0.29, 0.717) is 0 Å². The van der Waals surface area contributed by atoms with Crippen LogP contribution in [0.4, 0.5) is 0 Å². The van der Waals surface area contributed by atoms with Gasteiger partial charge in [0.15, 0.2) is 4.77 Å². The normalized spacial score (nSPS) is 26.3. The van der Waals surface area contributed by atoms with Gasteiger partial charge in [-0.3, -0.25) is 19.3 Å². The molecule has 2 unspecified atom stereocenters. The van der Waals surface area contributed by atoms with Crippen LogP contribution in [0.25, 0.3) is 0 Å². The summed E-state index contributed by atoms with van der Waals surface area (Å²) in [7, 11) is 0. The number of hydrogen-bond donors (Lipinski definition) is 3. The fourth-order valence-corrected chi connectivity index (χ4v) is 3.16. The first kappa shape index (κ1) is 14.5. The summed E-state index contributed by atoms with van der Waals surface area (Å²) < 4.78 is 1.88. The standard InChI is InChI=1S/C14H20N4O2S/c15-10-3-1-2-4-11(10)16-7-9-12(19)17-14(21)18(13(9)20)8-5-6-8/h7-8,10-11,20H,1-6,15H2,(H,17,19,21). The minimum Gasteiger partial charge on any atom is -0.494 e. The van der Waals surface area contributed by atoms with Crippen molar-refractivity contribution in [1.29, 1.82) is 0 Å². The van der Waals surface area contributed by atoms with Crippen LogP contribution in [-0.2, 0) is 0 Å². The summed E-state index contributed by atoms with van der Waals surface area (Å²) in [6.07, 6.45) is 7.51. The van der Waals surface area contributed by atoms with Gasteiger partial charge in [0, 0.05) is 18.3 Å². The van der Waals surface area contributed by atoms with Crippen molar-refractivity contribution < 1.29 is 5.11 Å². The maximum atomic E-state index is 12.0. The van der Waals surface area contributed by atoms with Crippen molar-refractivity contribution >= 4 is 18.4 Å². The van der Waals surface area contributed by atoms with Crippen molar-refractivity contribution in [3.8, 4) is 5.88 Å². The van der Waals surface area contributed by atoms with Crippen LogP contribution in [0.3, 0.4) is 0 Å². The van der Waals surface area contributed by atoms with Crippen molar-refractivity contribution in [2.45, 2.75) is 56.7 Å². The summed E-state index contributed by atoms with van der Waals surface area (Å²) >= 11 is 5.11. The predicted octanol–water partition coefficient (Wildman–Crippen LogP) is 1.64. The van der Waals surface area contributed by atoms with Crippen LogP contribution in [0.1, 0.15) is 50.1 Å². The number of H-pyrrole nitrogens is 1. The Morgan fingerprint density at radius 3 is 2.71 bits per heavy atom. The Bertz CT molecular complexity index is 675. The molecule has 0 aromatic carbocycles. The number of aromatic hydroxyl groups is 1. The topological polar surface area (TPSA) is 96.4 Å². The second kappa shape index (κ2) is 5.73. The van der Waals surface area contributed by atoms with E-state index >= 15 is 0 Å². The number of rotatable bonds is 3. The molecule has 2 aliphatic rings. The molecule has 0 bridgehead atoms. The fraction of sp³-hybridized carbons (Fsp3) is 0.643. The zero-order valence-electron chi connectivity index (χ0n) is 11.8. The lowest BCUT2D eigenvalue weighted by Gasteiger charge is -2.25. The van der Waals surface area contributed by atoms with Crippen LogP contribution >= 0.6 is 12.2 Å². The second-order valence-electron chi connectivity index (χ2n) is 5.89. The molecule has 21 heavy (non-hydrogen) atoms. The smallest absolute Gasteiger partial charge is 0.264 e. The molecule has 114 valence electrons. The van der Waals surface area contributed by atoms with Crippen molar-refractivity contribution in [2.24, 2.45) is 10.7 Å². The first-order valence-corrected chi connectivity index (χ1v) is 7.85. The molecule has 2 saturated carbocycles. The third-order valence-electron chi connectivity index (χ3n) is 4.24. The Hall–Kier alpha value is -1.47. The Morgan fingerprint density at radius 2 is 2.05 bits per heavy atom. The van der Waals surface area contributed by atoms with Gasteiger partial charge in [-0.25, -0.2) is 0 Å². The molecule has 2 fully saturated rings. The third-order valence-corrected chi connectivity index (χ3v) is 4.54. The molecule has 7 heteroatoms. The van der Waals surface area contributed by atoms with Crippen LogP contribution in [0.5, 0.6) is 5.88 Å². The van der Waals surface area contributed by atoms with Crippen LogP contribution in [0.2, 0.25) is 0 Å². The highest BCUT2D eigenvalue weighted by molar-refractivity contribution is 7.71. The molecule has 1 aromatic heterocycles. The molecule has 4 N–H and O–H groups in total. The van der Waals surface area contributed by atoms with Gasteiger partial charge in [-0.15, -0.1) is 0 Å². The lowest BCUT2D eigenvalue weighted by Crippen LogP contribution is -2.36. The summed E-state index contributed by atoms with van der Waals surface area (Å²) in [6, 6.07) is 0.249. The van der Waals surface area contributed by atoms with Crippen LogP contribution in [0, 0.1) is 4.77 Å². The van der Waals surface area contributed by atoms with Gasteiger partial charge in [0.2, 0.25) is 5.88 Å². The van der Waals surface area contributed by atoms with E-state index in [4.69, 9.17) is 18.0 Å². The summed E-state index contributed by atoms with van der Waals surface area (Å²) in [5.41, 5.74) is 5.82. The first-order chi connectivity index (χ1) is 10.1. The number of hydrogen-bond acceptors (Lipinski definition) is 5. The molecule has 1 aromatic rings. The number of aromatic amines is 1. The van der Waals surface area contributed by atoms with E-state index in [0.717, 1.165) is 38.5 Å². The molecule has 2 aliphatic carbocycles. The van der Waals surface area contributed by atoms with Crippen molar-refractivity contribution in [2.75, 3.05) is 0 Å². The highest BCUT2D eigenvalue weighted by Gasteiger charge is 2.28. The second-order valence-corrected chi connectivity index (χ2v) is 6.28. The van der Waals surface area contributed by atoms with Gasteiger partial charge in [-0.05, 0) is 37.9 Å². The molecule has 0 aliphatic heterocycles. The number of aromatic nitrogens is 2. The average Bonchev–Trinajstić information content (AvgIpc) is 3.24. The molecule has 2 atom stereocenters. The predicted molar refractivity (Wildman–Crippen MR) is 83.6 cm³/mol. The summed E-state index contributed by atoms with van der Waals surface area (Å²) in [5.74, 6) is -0.0839. The summed E-state index contributed by atoms with van der Waals surface area (Å²) in [4.78, 5) is 19.0. The molecule has 0 spiro atoms. The maximum absolute atomic E-state index is 12.0. The van der Waals surface area contributed by atoms with Crippen molar-refractivity contribution in [3.63, 3.8) is 0 Å². The van der Waals surface area contributed by atoms with Crippen molar-refractivity contribution in [3.05, 3.63) is 20.7 Å². The van der Waals surface area contributed by atoms with Gasteiger partial charge in [0.1, 0.15) is 5.56 Å². The quantitative estimate of drug-likeness (QED) is 0.584.